The van der Waals surface area contributed by atoms with Gasteiger partial charge >= 0.3 is 5.97 Å². The molecule has 146 valence electrons. The smallest absolute Gasteiger partial charge is 0.305 e. The molecule has 0 aromatic rings. The predicted octanol–water partition coefficient (Wildman–Crippen LogP) is 5.61. The molecule has 0 aromatic carbocycles. The van der Waals surface area contributed by atoms with E-state index in [9.17, 15) is 9.59 Å². The molecule has 4 nitrogen and oxygen atoms in total. The fraction of sp³-hybridized carbons (Fsp3) is 0.810. The molecule has 0 unspecified atom stereocenters. The number of carbonyl (C=O) groups is 2. The number of aliphatic carboxylic acids is 1. The summed E-state index contributed by atoms with van der Waals surface area (Å²) in [5, 5.41) is 11.1. The lowest BCUT2D eigenvalue weighted by molar-refractivity contribution is -0.136. The van der Waals surface area contributed by atoms with Crippen molar-refractivity contribution in [2.24, 2.45) is 0 Å². The molecule has 0 saturated heterocycles. The predicted molar refractivity (Wildman–Crippen MR) is 105 cm³/mol. The third-order valence-corrected chi connectivity index (χ3v) is 4.33. The lowest BCUT2D eigenvalue weighted by atomic mass is 10.1. The number of hydrogen-bond acceptors (Lipinski definition) is 2. The van der Waals surface area contributed by atoms with Gasteiger partial charge in [-0.25, -0.2) is 0 Å². The lowest BCUT2D eigenvalue weighted by Gasteiger charge is -2.03. The number of nitrogens with one attached hydrogen (secondary N) is 1. The van der Waals surface area contributed by atoms with E-state index in [2.05, 4.69) is 24.4 Å². The molecule has 0 aliphatic rings. The highest BCUT2D eigenvalue weighted by molar-refractivity contribution is 5.76. The zero-order valence-electron chi connectivity index (χ0n) is 16.2. The summed E-state index contributed by atoms with van der Waals surface area (Å²) in [6.45, 7) is 2.49. The minimum atomic E-state index is -0.874. The first-order valence-corrected chi connectivity index (χ1v) is 10.3. The molecule has 2 N–H and O–H groups in total. The van der Waals surface area contributed by atoms with Crippen LogP contribution in [0.3, 0.4) is 0 Å². The summed E-state index contributed by atoms with van der Waals surface area (Å²) in [4.78, 5) is 21.8. The molecule has 0 atom stereocenters. The second kappa shape index (κ2) is 19.0. The minimum Gasteiger partial charge on any atom is -0.481 e. The summed E-state index contributed by atoms with van der Waals surface area (Å²) in [5.74, 6) is -0.903. The molecular formula is C21H39NO3. The van der Waals surface area contributed by atoms with Gasteiger partial charge in [-0.15, -0.1) is 0 Å². The number of carbonyl (C=O) groups excluding carboxylic acids is 1. The summed E-state index contributed by atoms with van der Waals surface area (Å²) in [5.41, 5.74) is 0. The number of unbranched alkanes of at least 4 members (excludes halogenated alkanes) is 11. The molecule has 0 fully saturated rings. The summed E-state index contributed by atoms with van der Waals surface area (Å²) in [6, 6.07) is 0. The van der Waals surface area contributed by atoms with Crippen LogP contribution in [0.1, 0.15) is 103 Å². The molecular weight excluding hydrogens is 314 g/mol. The number of hydrogen-bond donors (Lipinski definition) is 2. The molecule has 1 amide bonds. The van der Waals surface area contributed by atoms with Gasteiger partial charge in [-0.3, -0.25) is 9.59 Å². The second-order valence-corrected chi connectivity index (χ2v) is 6.83. The standard InChI is InChI=1S/C21H39NO3/c1-2-3-4-5-6-7-8-9-10-11-12-13-14-15-16-17-20(23)22-19-18-21(24)25/h9-10H,2-8,11-19H2,1H3,(H,22,23)(H,24,25)/b10-9+. The fourth-order valence-corrected chi connectivity index (χ4v) is 2.75. The zero-order chi connectivity index (χ0) is 18.6. The van der Waals surface area contributed by atoms with Crippen molar-refractivity contribution >= 4 is 11.9 Å². The van der Waals surface area contributed by atoms with Crippen LogP contribution >= 0.6 is 0 Å². The summed E-state index contributed by atoms with van der Waals surface area (Å²) >= 11 is 0. The summed E-state index contributed by atoms with van der Waals surface area (Å²) in [7, 11) is 0. The van der Waals surface area contributed by atoms with Crippen molar-refractivity contribution in [2.75, 3.05) is 6.54 Å². The van der Waals surface area contributed by atoms with Crippen molar-refractivity contribution in [3.8, 4) is 0 Å². The Kier molecular flexibility index (Phi) is 18.0. The Bertz CT molecular complexity index is 353. The number of amides is 1. The van der Waals surface area contributed by atoms with E-state index in [-0.39, 0.29) is 18.9 Å². The topological polar surface area (TPSA) is 66.4 Å². The van der Waals surface area contributed by atoms with Crippen molar-refractivity contribution in [1.29, 1.82) is 0 Å². The molecule has 0 aliphatic carbocycles. The SMILES string of the molecule is CCCCCCCC/C=C/CCCCCCCC(=O)NCCC(=O)O. The van der Waals surface area contributed by atoms with Crippen LogP contribution in [0.25, 0.3) is 0 Å². The number of carboxylic acid groups (broad SMARTS) is 1. The maximum Gasteiger partial charge on any atom is 0.305 e. The van der Waals surface area contributed by atoms with Gasteiger partial charge < -0.3 is 10.4 Å². The quantitative estimate of drug-likeness (QED) is 0.248. The Hall–Kier alpha value is -1.32. The molecule has 0 aliphatic heterocycles. The van der Waals surface area contributed by atoms with E-state index < -0.39 is 5.97 Å². The summed E-state index contributed by atoms with van der Waals surface area (Å²) < 4.78 is 0. The van der Waals surface area contributed by atoms with Gasteiger partial charge in [0.1, 0.15) is 0 Å². The highest BCUT2D eigenvalue weighted by Gasteiger charge is 2.02. The molecule has 0 rings (SSSR count). The van der Waals surface area contributed by atoms with Crippen molar-refractivity contribution in [2.45, 2.75) is 103 Å². The van der Waals surface area contributed by atoms with Gasteiger partial charge in [-0.1, -0.05) is 70.4 Å². The van der Waals surface area contributed by atoms with Crippen LogP contribution in [0.15, 0.2) is 12.2 Å². The van der Waals surface area contributed by atoms with Crippen LogP contribution in [0.5, 0.6) is 0 Å². The van der Waals surface area contributed by atoms with Crippen LogP contribution in [0, 0.1) is 0 Å². The number of rotatable bonds is 18. The van der Waals surface area contributed by atoms with E-state index in [1.165, 1.54) is 70.6 Å². The Morgan fingerprint density at radius 1 is 0.760 bits per heavy atom. The maximum atomic E-state index is 11.4. The third-order valence-electron chi connectivity index (χ3n) is 4.33. The van der Waals surface area contributed by atoms with Crippen molar-refractivity contribution in [1.82, 2.24) is 5.32 Å². The highest BCUT2D eigenvalue weighted by Crippen LogP contribution is 2.09. The minimum absolute atomic E-state index is 0.00187. The van der Waals surface area contributed by atoms with Gasteiger partial charge in [0.15, 0.2) is 0 Å². The van der Waals surface area contributed by atoms with E-state index in [4.69, 9.17) is 5.11 Å². The van der Waals surface area contributed by atoms with Crippen LogP contribution in [-0.2, 0) is 9.59 Å². The van der Waals surface area contributed by atoms with E-state index in [0.717, 1.165) is 12.8 Å². The molecule has 0 radical (unpaired) electrons. The van der Waals surface area contributed by atoms with Crippen molar-refractivity contribution in [3.63, 3.8) is 0 Å². The number of allylic oxidation sites excluding steroid dienone is 2. The van der Waals surface area contributed by atoms with Gasteiger partial charge in [0, 0.05) is 13.0 Å². The van der Waals surface area contributed by atoms with Crippen LogP contribution < -0.4 is 5.32 Å². The molecule has 0 spiro atoms. The van der Waals surface area contributed by atoms with Gasteiger partial charge in [0.25, 0.3) is 0 Å². The fourth-order valence-electron chi connectivity index (χ4n) is 2.75. The van der Waals surface area contributed by atoms with Gasteiger partial charge in [0.05, 0.1) is 6.42 Å². The van der Waals surface area contributed by atoms with E-state index >= 15 is 0 Å². The third kappa shape index (κ3) is 20.6. The van der Waals surface area contributed by atoms with E-state index in [1.807, 2.05) is 0 Å². The molecule has 0 heterocycles. The van der Waals surface area contributed by atoms with Crippen molar-refractivity contribution in [3.05, 3.63) is 12.2 Å². The van der Waals surface area contributed by atoms with E-state index in [0.29, 0.717) is 6.42 Å². The zero-order valence-corrected chi connectivity index (χ0v) is 16.2. The van der Waals surface area contributed by atoms with Crippen LogP contribution in [-0.4, -0.2) is 23.5 Å². The number of carboxylic acids is 1. The molecule has 4 heteroatoms. The molecule has 0 aromatic heterocycles. The van der Waals surface area contributed by atoms with Crippen LogP contribution in [0.4, 0.5) is 0 Å². The van der Waals surface area contributed by atoms with Gasteiger partial charge in [-0.05, 0) is 32.1 Å². The van der Waals surface area contributed by atoms with Crippen LogP contribution in [0.2, 0.25) is 0 Å². The average Bonchev–Trinajstić information content (AvgIpc) is 2.58. The van der Waals surface area contributed by atoms with Gasteiger partial charge in [-0.2, -0.15) is 0 Å². The molecule has 0 saturated carbocycles. The Morgan fingerprint density at radius 3 is 1.84 bits per heavy atom. The van der Waals surface area contributed by atoms with Crippen molar-refractivity contribution < 1.29 is 14.7 Å². The first-order chi connectivity index (χ1) is 12.2. The first kappa shape index (κ1) is 23.7. The Morgan fingerprint density at radius 2 is 1.28 bits per heavy atom. The highest BCUT2D eigenvalue weighted by atomic mass is 16.4. The monoisotopic (exact) mass is 353 g/mol. The average molecular weight is 354 g/mol. The molecule has 0 bridgehead atoms. The Labute approximate surface area is 154 Å². The van der Waals surface area contributed by atoms with Gasteiger partial charge in [0.2, 0.25) is 5.91 Å². The largest absolute Gasteiger partial charge is 0.481 e. The second-order valence-electron chi connectivity index (χ2n) is 6.83. The Balaban J connectivity index is 3.21. The lowest BCUT2D eigenvalue weighted by Crippen LogP contribution is -2.25. The molecule has 25 heavy (non-hydrogen) atoms. The maximum absolute atomic E-state index is 11.4. The normalized spacial score (nSPS) is 11.1. The summed E-state index contributed by atoms with van der Waals surface area (Å²) in [6.07, 6.45) is 21.3. The first-order valence-electron chi connectivity index (χ1n) is 10.3. The van der Waals surface area contributed by atoms with E-state index in [1.54, 1.807) is 0 Å².